The molecule has 2 aromatic carbocycles. The molecule has 0 radical (unpaired) electrons. The Hall–Kier alpha value is -3.75. The number of aromatic carboxylic acids is 2. The molecule has 32 heavy (non-hydrogen) atoms. The van der Waals surface area contributed by atoms with E-state index in [1.165, 1.54) is 34.5 Å². The SMILES string of the molecule is CC1=NN(c2cccc(C(=O)O)c2)C(=O)/C1=C\c1ccc(-c2ccc(Cl)c(C(=O)O)c2)s1. The smallest absolute Gasteiger partial charge is 0.337 e. The Balaban J connectivity index is 1.63. The molecule has 4 rings (SSSR count). The number of amides is 1. The molecule has 2 N–H and O–H groups in total. The summed E-state index contributed by atoms with van der Waals surface area (Å²) in [6.45, 7) is 1.71. The molecule has 0 atom stereocenters. The second-order valence-electron chi connectivity index (χ2n) is 6.92. The lowest BCUT2D eigenvalue weighted by Crippen LogP contribution is -2.21. The summed E-state index contributed by atoms with van der Waals surface area (Å²) in [5.74, 6) is -2.56. The van der Waals surface area contributed by atoms with E-state index in [0.29, 0.717) is 22.5 Å². The van der Waals surface area contributed by atoms with Crippen LogP contribution in [-0.2, 0) is 4.79 Å². The lowest BCUT2D eigenvalue weighted by molar-refractivity contribution is -0.114. The number of hydrogen-bond donors (Lipinski definition) is 2. The van der Waals surface area contributed by atoms with Crippen LogP contribution in [0.5, 0.6) is 0 Å². The average molecular weight is 467 g/mol. The minimum absolute atomic E-state index is 0.0191. The van der Waals surface area contributed by atoms with Gasteiger partial charge in [0.1, 0.15) is 0 Å². The van der Waals surface area contributed by atoms with Crippen molar-refractivity contribution in [2.24, 2.45) is 5.10 Å². The Bertz CT molecular complexity index is 1340. The molecule has 0 saturated heterocycles. The van der Waals surface area contributed by atoms with Gasteiger partial charge in [-0.1, -0.05) is 23.7 Å². The fraction of sp³-hybridized carbons (Fsp3) is 0.0435. The van der Waals surface area contributed by atoms with Gasteiger partial charge in [0.2, 0.25) is 0 Å². The number of anilines is 1. The molecule has 7 nitrogen and oxygen atoms in total. The number of carboxylic acid groups (broad SMARTS) is 2. The minimum Gasteiger partial charge on any atom is -0.478 e. The largest absolute Gasteiger partial charge is 0.478 e. The van der Waals surface area contributed by atoms with Gasteiger partial charge >= 0.3 is 11.9 Å². The maximum atomic E-state index is 13.0. The van der Waals surface area contributed by atoms with E-state index in [9.17, 15) is 24.6 Å². The Labute approximate surface area is 191 Å². The van der Waals surface area contributed by atoms with Gasteiger partial charge in [-0.25, -0.2) is 9.59 Å². The van der Waals surface area contributed by atoms with Crippen molar-refractivity contribution >= 4 is 58.3 Å². The summed E-state index contributed by atoms with van der Waals surface area (Å²) in [7, 11) is 0. The van der Waals surface area contributed by atoms with Gasteiger partial charge in [-0.05, 0) is 61.0 Å². The van der Waals surface area contributed by atoms with E-state index < -0.39 is 11.9 Å². The summed E-state index contributed by atoms with van der Waals surface area (Å²) in [5, 5.41) is 24.1. The van der Waals surface area contributed by atoms with Crippen LogP contribution >= 0.6 is 22.9 Å². The fourth-order valence-corrected chi connectivity index (χ4v) is 4.35. The van der Waals surface area contributed by atoms with Crippen molar-refractivity contribution in [3.8, 4) is 10.4 Å². The molecule has 0 aliphatic carbocycles. The van der Waals surface area contributed by atoms with Gasteiger partial charge in [0.05, 0.1) is 33.1 Å². The normalized spacial score (nSPS) is 14.7. The molecule has 9 heteroatoms. The van der Waals surface area contributed by atoms with E-state index in [1.54, 1.807) is 37.3 Å². The number of nitrogens with zero attached hydrogens (tertiary/aromatic N) is 2. The van der Waals surface area contributed by atoms with Crippen molar-refractivity contribution < 1.29 is 24.6 Å². The third kappa shape index (κ3) is 4.05. The molecule has 1 aliphatic rings. The number of carbonyl (C=O) groups is 3. The predicted molar refractivity (Wildman–Crippen MR) is 124 cm³/mol. The Morgan fingerprint density at radius 2 is 1.84 bits per heavy atom. The summed E-state index contributed by atoms with van der Waals surface area (Å²) >= 11 is 7.34. The standard InChI is InChI=1S/C23H15ClN2O5S/c1-12-17(21(27)26(25-12)15-4-2-3-14(9-15)22(28)29)11-16-6-8-20(32-16)13-5-7-19(24)18(10-13)23(30)31/h2-11H,1H3,(H,28,29)(H,30,31)/b17-11-. The van der Waals surface area contributed by atoms with Gasteiger partial charge in [0.15, 0.2) is 0 Å². The Morgan fingerprint density at radius 1 is 1.06 bits per heavy atom. The van der Waals surface area contributed by atoms with E-state index >= 15 is 0 Å². The molecule has 0 bridgehead atoms. The number of halogens is 1. The van der Waals surface area contributed by atoms with Gasteiger partial charge in [0.25, 0.3) is 5.91 Å². The van der Waals surface area contributed by atoms with Crippen LogP contribution in [0, 0.1) is 0 Å². The van der Waals surface area contributed by atoms with Crippen molar-refractivity contribution in [3.05, 3.63) is 81.2 Å². The molecule has 160 valence electrons. The third-order valence-corrected chi connectivity index (χ3v) is 6.21. The fourth-order valence-electron chi connectivity index (χ4n) is 3.20. The third-order valence-electron chi connectivity index (χ3n) is 4.79. The quantitative estimate of drug-likeness (QED) is 0.498. The van der Waals surface area contributed by atoms with Crippen LogP contribution in [0.15, 0.2) is 65.3 Å². The van der Waals surface area contributed by atoms with Crippen molar-refractivity contribution in [1.82, 2.24) is 0 Å². The highest BCUT2D eigenvalue weighted by Crippen LogP contribution is 2.33. The molecule has 0 saturated carbocycles. The molecule has 0 fully saturated rings. The molecular formula is C23H15ClN2O5S. The first-order chi connectivity index (χ1) is 15.2. The van der Waals surface area contributed by atoms with Crippen LogP contribution in [0.25, 0.3) is 16.5 Å². The number of rotatable bonds is 5. The van der Waals surface area contributed by atoms with Crippen LogP contribution in [0.1, 0.15) is 32.5 Å². The average Bonchev–Trinajstić information content (AvgIpc) is 3.34. The zero-order chi connectivity index (χ0) is 23.0. The molecule has 2 heterocycles. The van der Waals surface area contributed by atoms with E-state index in [1.807, 2.05) is 12.1 Å². The molecule has 1 aromatic heterocycles. The monoisotopic (exact) mass is 466 g/mol. The van der Waals surface area contributed by atoms with Gasteiger partial charge in [0, 0.05) is 9.75 Å². The number of hydrazone groups is 1. The number of hydrogen-bond acceptors (Lipinski definition) is 5. The summed E-state index contributed by atoms with van der Waals surface area (Å²) in [4.78, 5) is 37.1. The van der Waals surface area contributed by atoms with Gasteiger partial charge in [-0.2, -0.15) is 10.1 Å². The highest BCUT2D eigenvalue weighted by Gasteiger charge is 2.29. The first-order valence-electron chi connectivity index (χ1n) is 9.33. The molecule has 0 spiro atoms. The van der Waals surface area contributed by atoms with Crippen LogP contribution in [0.4, 0.5) is 5.69 Å². The van der Waals surface area contributed by atoms with Crippen LogP contribution in [0.3, 0.4) is 0 Å². The van der Waals surface area contributed by atoms with Gasteiger partial charge < -0.3 is 10.2 Å². The second-order valence-corrected chi connectivity index (χ2v) is 8.44. The second kappa shape index (κ2) is 8.41. The topological polar surface area (TPSA) is 107 Å². The van der Waals surface area contributed by atoms with Gasteiger partial charge in [-0.15, -0.1) is 11.3 Å². The summed E-state index contributed by atoms with van der Waals surface area (Å²) in [5.41, 5.74) is 2.05. The summed E-state index contributed by atoms with van der Waals surface area (Å²) in [6.07, 6.45) is 1.71. The van der Waals surface area contributed by atoms with E-state index in [2.05, 4.69) is 5.10 Å². The first-order valence-corrected chi connectivity index (χ1v) is 10.5. The van der Waals surface area contributed by atoms with Crippen LogP contribution in [-0.4, -0.2) is 33.8 Å². The molecule has 1 amide bonds. The first kappa shape index (κ1) is 21.5. The van der Waals surface area contributed by atoms with Crippen LogP contribution in [0.2, 0.25) is 5.02 Å². The predicted octanol–water partition coefficient (Wildman–Crippen LogP) is 5.27. The van der Waals surface area contributed by atoms with E-state index in [4.69, 9.17) is 11.6 Å². The Kier molecular flexibility index (Phi) is 5.65. The maximum Gasteiger partial charge on any atom is 0.337 e. The van der Waals surface area contributed by atoms with Crippen molar-refractivity contribution in [2.75, 3.05) is 5.01 Å². The van der Waals surface area contributed by atoms with Crippen molar-refractivity contribution in [3.63, 3.8) is 0 Å². The zero-order valence-corrected chi connectivity index (χ0v) is 18.1. The molecule has 3 aromatic rings. The zero-order valence-electron chi connectivity index (χ0n) is 16.6. The lowest BCUT2D eigenvalue weighted by Gasteiger charge is -2.12. The summed E-state index contributed by atoms with van der Waals surface area (Å²) in [6, 6.07) is 14.5. The van der Waals surface area contributed by atoms with Crippen molar-refractivity contribution in [1.29, 1.82) is 0 Å². The van der Waals surface area contributed by atoms with Gasteiger partial charge in [-0.3, -0.25) is 4.79 Å². The summed E-state index contributed by atoms with van der Waals surface area (Å²) < 4.78 is 0. The Morgan fingerprint density at radius 3 is 2.56 bits per heavy atom. The highest BCUT2D eigenvalue weighted by atomic mass is 35.5. The molecular weight excluding hydrogens is 452 g/mol. The lowest BCUT2D eigenvalue weighted by atomic mass is 10.1. The highest BCUT2D eigenvalue weighted by molar-refractivity contribution is 7.16. The van der Waals surface area contributed by atoms with Crippen molar-refractivity contribution in [2.45, 2.75) is 6.92 Å². The number of thiophene rings is 1. The minimum atomic E-state index is -1.11. The molecule has 0 unspecified atom stereocenters. The molecule has 1 aliphatic heterocycles. The van der Waals surface area contributed by atoms with Crippen LogP contribution < -0.4 is 5.01 Å². The maximum absolute atomic E-state index is 13.0. The van der Waals surface area contributed by atoms with E-state index in [-0.39, 0.29) is 22.1 Å². The number of carboxylic acids is 2. The number of carbonyl (C=O) groups excluding carboxylic acids is 1. The number of benzene rings is 2. The van der Waals surface area contributed by atoms with E-state index in [0.717, 1.165) is 9.75 Å².